The van der Waals surface area contributed by atoms with E-state index in [1.807, 2.05) is 49.4 Å². The van der Waals surface area contributed by atoms with Crippen LogP contribution < -0.4 is 4.74 Å². The van der Waals surface area contributed by atoms with Crippen molar-refractivity contribution in [1.29, 1.82) is 0 Å². The van der Waals surface area contributed by atoms with E-state index in [0.29, 0.717) is 12.5 Å². The van der Waals surface area contributed by atoms with Gasteiger partial charge < -0.3 is 9.15 Å². The van der Waals surface area contributed by atoms with Gasteiger partial charge in [-0.15, -0.1) is 0 Å². The van der Waals surface area contributed by atoms with Crippen LogP contribution in [0.3, 0.4) is 0 Å². The van der Waals surface area contributed by atoms with E-state index >= 15 is 0 Å². The molecule has 112 valence electrons. The molecule has 1 aromatic heterocycles. The first-order valence-electron chi connectivity index (χ1n) is 7.36. The van der Waals surface area contributed by atoms with E-state index in [2.05, 4.69) is 24.9 Å². The summed E-state index contributed by atoms with van der Waals surface area (Å²) in [7, 11) is 0. The van der Waals surface area contributed by atoms with Gasteiger partial charge in [-0.25, -0.2) is 4.98 Å². The van der Waals surface area contributed by atoms with Gasteiger partial charge in [0.2, 0.25) is 5.89 Å². The zero-order chi connectivity index (χ0) is 15.5. The molecule has 0 aliphatic rings. The number of hydrogen-bond donors (Lipinski definition) is 0. The van der Waals surface area contributed by atoms with Gasteiger partial charge in [-0.3, -0.25) is 0 Å². The van der Waals surface area contributed by atoms with Gasteiger partial charge in [-0.1, -0.05) is 30.3 Å². The molecule has 0 saturated carbocycles. The third kappa shape index (κ3) is 2.89. The van der Waals surface area contributed by atoms with Crippen LogP contribution in [0.5, 0.6) is 5.75 Å². The van der Waals surface area contributed by atoms with Crippen molar-refractivity contribution in [3.8, 4) is 17.2 Å². The van der Waals surface area contributed by atoms with E-state index in [4.69, 9.17) is 9.15 Å². The van der Waals surface area contributed by atoms with Crippen LogP contribution in [0.2, 0.25) is 0 Å². The molecular formula is C19H19NO2. The molecule has 1 heterocycles. The summed E-state index contributed by atoms with van der Waals surface area (Å²) in [4.78, 5) is 4.56. The average Bonchev–Trinajstić information content (AvgIpc) is 2.91. The van der Waals surface area contributed by atoms with E-state index in [-0.39, 0.29) is 0 Å². The summed E-state index contributed by atoms with van der Waals surface area (Å²) in [6, 6.07) is 16.0. The van der Waals surface area contributed by atoms with Gasteiger partial charge in [0.05, 0.1) is 0 Å². The molecule has 2 aromatic carbocycles. The summed E-state index contributed by atoms with van der Waals surface area (Å²) in [5.74, 6) is 2.32. The molecule has 22 heavy (non-hydrogen) atoms. The molecule has 0 radical (unpaired) electrons. The predicted octanol–water partition coefficient (Wildman–Crippen LogP) is 4.85. The molecule has 0 fully saturated rings. The molecule has 0 spiro atoms. The van der Waals surface area contributed by atoms with Crippen molar-refractivity contribution in [2.75, 3.05) is 0 Å². The second-order valence-electron chi connectivity index (χ2n) is 5.37. The van der Waals surface area contributed by atoms with E-state index in [1.165, 1.54) is 5.56 Å². The van der Waals surface area contributed by atoms with Crippen LogP contribution in [0.25, 0.3) is 11.5 Å². The second kappa shape index (κ2) is 6.06. The van der Waals surface area contributed by atoms with Gasteiger partial charge in [-0.05, 0) is 50.1 Å². The minimum Gasteiger partial charge on any atom is -0.487 e. The molecule has 0 atom stereocenters. The second-order valence-corrected chi connectivity index (χ2v) is 5.37. The van der Waals surface area contributed by atoms with Crippen molar-refractivity contribution in [2.45, 2.75) is 27.4 Å². The third-order valence-electron chi connectivity index (χ3n) is 3.83. The standard InChI is InChI=1S/C19H19NO2/c1-13-8-7-11-18(14(13)2)21-12-17-15(3)22-19(20-17)16-9-5-4-6-10-16/h4-11H,12H2,1-3H3. The number of aromatic nitrogens is 1. The van der Waals surface area contributed by atoms with Crippen LogP contribution in [0, 0.1) is 20.8 Å². The first kappa shape index (κ1) is 14.4. The zero-order valence-corrected chi connectivity index (χ0v) is 13.1. The number of ether oxygens (including phenoxy) is 1. The van der Waals surface area contributed by atoms with E-state index < -0.39 is 0 Å². The largest absolute Gasteiger partial charge is 0.487 e. The number of hydrogen-bond acceptors (Lipinski definition) is 3. The van der Waals surface area contributed by atoms with Gasteiger partial charge in [0.25, 0.3) is 0 Å². The van der Waals surface area contributed by atoms with Crippen LogP contribution in [-0.4, -0.2) is 4.98 Å². The molecule has 0 N–H and O–H groups in total. The zero-order valence-electron chi connectivity index (χ0n) is 13.1. The Hall–Kier alpha value is -2.55. The molecule has 0 saturated heterocycles. The molecule has 3 aromatic rings. The van der Waals surface area contributed by atoms with Gasteiger partial charge in [0.1, 0.15) is 23.8 Å². The molecule has 3 nitrogen and oxygen atoms in total. The van der Waals surface area contributed by atoms with E-state index in [9.17, 15) is 0 Å². The minimum atomic E-state index is 0.409. The summed E-state index contributed by atoms with van der Waals surface area (Å²) in [6.45, 7) is 6.47. The smallest absolute Gasteiger partial charge is 0.226 e. The highest BCUT2D eigenvalue weighted by Crippen LogP contribution is 2.24. The molecule has 0 unspecified atom stereocenters. The third-order valence-corrected chi connectivity index (χ3v) is 3.83. The number of rotatable bonds is 4. The van der Waals surface area contributed by atoms with Crippen LogP contribution in [0.1, 0.15) is 22.6 Å². The highest BCUT2D eigenvalue weighted by molar-refractivity contribution is 5.53. The van der Waals surface area contributed by atoms with Crippen LogP contribution in [0.4, 0.5) is 0 Å². The Labute approximate surface area is 130 Å². The fraction of sp³-hybridized carbons (Fsp3) is 0.211. The van der Waals surface area contributed by atoms with Crippen molar-refractivity contribution in [3.63, 3.8) is 0 Å². The molecule has 0 amide bonds. The van der Waals surface area contributed by atoms with Crippen molar-refractivity contribution < 1.29 is 9.15 Å². The Morgan fingerprint density at radius 2 is 1.73 bits per heavy atom. The summed E-state index contributed by atoms with van der Waals surface area (Å²) in [5, 5.41) is 0. The predicted molar refractivity (Wildman–Crippen MR) is 86.9 cm³/mol. The Morgan fingerprint density at radius 3 is 2.50 bits per heavy atom. The summed E-state index contributed by atoms with van der Waals surface area (Å²) in [6.07, 6.45) is 0. The lowest BCUT2D eigenvalue weighted by Gasteiger charge is -2.09. The molecule has 0 aliphatic heterocycles. The van der Waals surface area contributed by atoms with Crippen LogP contribution in [0.15, 0.2) is 52.9 Å². The topological polar surface area (TPSA) is 35.3 Å². The first-order chi connectivity index (χ1) is 10.6. The fourth-order valence-corrected chi connectivity index (χ4v) is 2.29. The highest BCUT2D eigenvalue weighted by Gasteiger charge is 2.12. The minimum absolute atomic E-state index is 0.409. The number of nitrogens with zero attached hydrogens (tertiary/aromatic N) is 1. The van der Waals surface area contributed by atoms with Crippen molar-refractivity contribution in [1.82, 2.24) is 4.98 Å². The molecule has 3 heteroatoms. The summed E-state index contributed by atoms with van der Waals surface area (Å²) < 4.78 is 11.7. The lowest BCUT2D eigenvalue weighted by Crippen LogP contribution is -1.99. The van der Waals surface area contributed by atoms with Gasteiger partial charge >= 0.3 is 0 Å². The van der Waals surface area contributed by atoms with Gasteiger partial charge in [-0.2, -0.15) is 0 Å². The Kier molecular flexibility index (Phi) is 3.96. The molecule has 3 rings (SSSR count). The number of benzene rings is 2. The van der Waals surface area contributed by atoms with E-state index in [1.54, 1.807) is 0 Å². The van der Waals surface area contributed by atoms with Gasteiger partial charge in [0, 0.05) is 5.56 Å². The Morgan fingerprint density at radius 1 is 0.955 bits per heavy atom. The molecule has 0 aliphatic carbocycles. The number of aryl methyl sites for hydroxylation is 2. The number of oxazole rings is 1. The maximum atomic E-state index is 5.91. The molecule has 0 bridgehead atoms. The van der Waals surface area contributed by atoms with Crippen molar-refractivity contribution in [2.24, 2.45) is 0 Å². The monoisotopic (exact) mass is 293 g/mol. The quantitative estimate of drug-likeness (QED) is 0.690. The Balaban J connectivity index is 1.79. The maximum absolute atomic E-state index is 5.91. The fourth-order valence-electron chi connectivity index (χ4n) is 2.29. The summed E-state index contributed by atoms with van der Waals surface area (Å²) >= 11 is 0. The summed E-state index contributed by atoms with van der Waals surface area (Å²) in [5.41, 5.74) is 4.19. The van der Waals surface area contributed by atoms with Crippen molar-refractivity contribution in [3.05, 3.63) is 71.1 Å². The maximum Gasteiger partial charge on any atom is 0.226 e. The van der Waals surface area contributed by atoms with Crippen LogP contribution >= 0.6 is 0 Å². The lowest BCUT2D eigenvalue weighted by atomic mass is 10.1. The molecular weight excluding hydrogens is 274 g/mol. The SMILES string of the molecule is Cc1cccc(OCc2nc(-c3ccccc3)oc2C)c1C. The van der Waals surface area contributed by atoms with Gasteiger partial charge in [0.15, 0.2) is 0 Å². The van der Waals surface area contributed by atoms with E-state index in [0.717, 1.165) is 28.3 Å². The normalized spacial score (nSPS) is 10.7. The van der Waals surface area contributed by atoms with Crippen molar-refractivity contribution >= 4 is 0 Å². The Bertz CT molecular complexity index is 775. The van der Waals surface area contributed by atoms with Crippen LogP contribution in [-0.2, 0) is 6.61 Å². The first-order valence-corrected chi connectivity index (χ1v) is 7.36. The lowest BCUT2D eigenvalue weighted by molar-refractivity contribution is 0.297. The average molecular weight is 293 g/mol. The highest BCUT2D eigenvalue weighted by atomic mass is 16.5.